The molecule has 0 atom stereocenters. The Kier molecular flexibility index (Phi) is 2.71. The van der Waals surface area contributed by atoms with Gasteiger partial charge in [0.1, 0.15) is 0 Å². The Hall–Kier alpha value is -0.0600. The highest BCUT2D eigenvalue weighted by molar-refractivity contribution is 7.30. The van der Waals surface area contributed by atoms with Crippen LogP contribution in [0.3, 0.4) is 0 Å². The van der Waals surface area contributed by atoms with Gasteiger partial charge in [0.15, 0.2) is 9.40 Å². The second-order valence-electron chi connectivity index (χ2n) is 1.70. The molecule has 2 rings (SSSR count). The minimum absolute atomic E-state index is 0. The van der Waals surface area contributed by atoms with Crippen molar-refractivity contribution in [1.82, 2.24) is 3.76 Å². The van der Waals surface area contributed by atoms with E-state index in [1.165, 1.54) is 9.40 Å². The van der Waals surface area contributed by atoms with Crippen LogP contribution in [0.2, 0.25) is 0 Å². The van der Waals surface area contributed by atoms with Crippen molar-refractivity contribution in [2.75, 3.05) is 0 Å². The Morgan fingerprint density at radius 1 is 1.30 bits per heavy atom. The van der Waals surface area contributed by atoms with E-state index >= 15 is 0 Å². The van der Waals surface area contributed by atoms with Crippen molar-refractivity contribution < 1.29 is 17.0 Å². The van der Waals surface area contributed by atoms with E-state index in [0.717, 1.165) is 0 Å². The Balaban J connectivity index is 0.000000500. The van der Waals surface area contributed by atoms with E-state index < -0.39 is 0 Å². The molecule has 0 saturated carbocycles. The summed E-state index contributed by atoms with van der Waals surface area (Å²) in [7, 11) is 0. The van der Waals surface area contributed by atoms with Crippen LogP contribution >= 0.6 is 23.1 Å². The van der Waals surface area contributed by atoms with Crippen molar-refractivity contribution in [3.8, 4) is 0 Å². The molecule has 0 aliphatic rings. The average molecular weight is 234 g/mol. The normalized spacial score (nSPS) is 9.20. The summed E-state index contributed by atoms with van der Waals surface area (Å²) in [5.74, 6) is 0. The summed E-state index contributed by atoms with van der Waals surface area (Å²) in [6.45, 7) is 0. The van der Waals surface area contributed by atoms with Gasteiger partial charge >= 0.3 is 0 Å². The maximum absolute atomic E-state index is 4.08. The van der Waals surface area contributed by atoms with E-state index in [1.807, 2.05) is 12.1 Å². The van der Waals surface area contributed by atoms with Crippen molar-refractivity contribution in [1.29, 1.82) is 0 Å². The predicted molar refractivity (Wildman–Crippen MR) is 41.9 cm³/mol. The molecule has 0 unspecified atom stereocenters. The largest absolute Gasteiger partial charge is 1.00 e. The molecule has 0 fully saturated rings. The smallest absolute Gasteiger partial charge is 0.209 e. The molecule has 0 spiro atoms. The number of rotatable bonds is 0. The fourth-order valence-corrected chi connectivity index (χ4v) is 2.31. The first-order chi connectivity index (χ1) is 4.47. The molecule has 0 saturated heterocycles. The summed E-state index contributed by atoms with van der Waals surface area (Å²) in [6, 6.07) is 8.24. The molecule has 0 amide bonds. The van der Waals surface area contributed by atoms with Gasteiger partial charge in [-0.05, 0) is 12.1 Å². The van der Waals surface area contributed by atoms with E-state index in [-0.39, 0.29) is 17.0 Å². The zero-order valence-corrected chi connectivity index (χ0v) is 8.17. The molecule has 0 aliphatic heterocycles. The van der Waals surface area contributed by atoms with Gasteiger partial charge in [0.2, 0.25) is 23.1 Å². The van der Waals surface area contributed by atoms with Gasteiger partial charge in [0, 0.05) is 0 Å². The highest BCUT2D eigenvalue weighted by Gasteiger charge is 2.04. The quantitative estimate of drug-likeness (QED) is 0.567. The Bertz CT molecular complexity index is 290. The molecule has 52 valence electrons. The number of hydrogen-bond acceptors (Lipinski definition) is 2. The first-order valence-electron chi connectivity index (χ1n) is 2.60. The van der Waals surface area contributed by atoms with Gasteiger partial charge in [0.25, 0.3) is 0 Å². The van der Waals surface area contributed by atoms with Gasteiger partial charge in [-0.1, -0.05) is 12.1 Å². The maximum Gasteiger partial charge on any atom is 0.209 e. The first kappa shape index (κ1) is 8.04. The molecule has 4 heteroatoms. The second-order valence-corrected chi connectivity index (χ2v) is 3.54. The lowest BCUT2D eigenvalue weighted by Gasteiger charge is -1.71. The third-order valence-corrected chi connectivity index (χ3v) is 2.95. The van der Waals surface area contributed by atoms with Crippen molar-refractivity contribution in [3.05, 3.63) is 24.3 Å². The van der Waals surface area contributed by atoms with Crippen LogP contribution in [0.25, 0.3) is 9.40 Å². The van der Waals surface area contributed by atoms with Crippen LogP contribution in [0.1, 0.15) is 0 Å². The topological polar surface area (TPSA) is 12.9 Å². The molecule has 2 aromatic rings. The lowest BCUT2D eigenvalue weighted by atomic mass is 10.4. The minimum Gasteiger partial charge on any atom is -1.00 e. The van der Waals surface area contributed by atoms with E-state index in [0.29, 0.717) is 0 Å². The Morgan fingerprint density at radius 3 is 2.90 bits per heavy atom. The summed E-state index contributed by atoms with van der Waals surface area (Å²) in [6.07, 6.45) is 0. The van der Waals surface area contributed by atoms with Crippen LogP contribution in [-0.2, 0) is 0 Å². The van der Waals surface area contributed by atoms with Gasteiger partial charge in [-0.3, -0.25) is 0 Å². The second kappa shape index (κ2) is 3.37. The molecule has 0 N–H and O–H groups in total. The number of nitrogens with zero attached hydrogens (tertiary/aromatic N) is 1. The first-order valence-corrected chi connectivity index (χ1v) is 4.15. The molecular weight excluding hydrogens is 230 g/mol. The van der Waals surface area contributed by atoms with Crippen molar-refractivity contribution >= 4 is 32.5 Å². The SMILES string of the molecule is [Br-].c1ccc2[s+]nsc2c1. The average Bonchev–Trinajstić information content (AvgIpc) is 2.33. The molecule has 1 aromatic carbocycles. The van der Waals surface area contributed by atoms with E-state index in [4.69, 9.17) is 0 Å². The number of aromatic nitrogens is 1. The summed E-state index contributed by atoms with van der Waals surface area (Å²) in [4.78, 5) is 0. The highest BCUT2D eigenvalue weighted by atomic mass is 79.9. The highest BCUT2D eigenvalue weighted by Crippen LogP contribution is 2.20. The van der Waals surface area contributed by atoms with Crippen LogP contribution in [0.15, 0.2) is 24.3 Å². The third-order valence-electron chi connectivity index (χ3n) is 1.12. The molecule has 1 aromatic heterocycles. The van der Waals surface area contributed by atoms with Crippen molar-refractivity contribution in [2.24, 2.45) is 0 Å². The van der Waals surface area contributed by atoms with E-state index in [9.17, 15) is 0 Å². The van der Waals surface area contributed by atoms with Gasteiger partial charge in [-0.15, -0.1) is 0 Å². The lowest BCUT2D eigenvalue weighted by molar-refractivity contribution is -0.00000168. The van der Waals surface area contributed by atoms with Crippen molar-refractivity contribution in [3.63, 3.8) is 0 Å². The maximum atomic E-state index is 4.08. The summed E-state index contributed by atoms with van der Waals surface area (Å²) in [5, 5.41) is 0. The van der Waals surface area contributed by atoms with Gasteiger partial charge < -0.3 is 17.0 Å². The van der Waals surface area contributed by atoms with Crippen LogP contribution < -0.4 is 17.0 Å². The molecule has 1 heterocycles. The van der Waals surface area contributed by atoms with E-state index in [1.54, 1.807) is 23.1 Å². The van der Waals surface area contributed by atoms with Crippen LogP contribution in [-0.4, -0.2) is 3.76 Å². The molecule has 0 bridgehead atoms. The fourth-order valence-electron chi connectivity index (χ4n) is 0.700. The Morgan fingerprint density at radius 2 is 2.10 bits per heavy atom. The van der Waals surface area contributed by atoms with Gasteiger partial charge in [0.05, 0.1) is 3.76 Å². The molecule has 10 heavy (non-hydrogen) atoms. The minimum atomic E-state index is 0. The Labute approximate surface area is 77.4 Å². The summed E-state index contributed by atoms with van der Waals surface area (Å²) >= 11 is 3.11. The van der Waals surface area contributed by atoms with Crippen LogP contribution in [0, 0.1) is 0 Å². The summed E-state index contributed by atoms with van der Waals surface area (Å²) < 4.78 is 6.64. The number of benzene rings is 1. The van der Waals surface area contributed by atoms with Gasteiger partial charge in [-0.2, -0.15) is 0 Å². The fraction of sp³-hybridized carbons (Fsp3) is 0. The lowest BCUT2D eigenvalue weighted by Crippen LogP contribution is -3.00. The number of halogens is 1. The third kappa shape index (κ3) is 1.33. The zero-order valence-electron chi connectivity index (χ0n) is 4.95. The van der Waals surface area contributed by atoms with Crippen LogP contribution in [0.4, 0.5) is 0 Å². The number of fused-ring (bicyclic) bond motifs is 1. The predicted octanol–water partition coefficient (Wildman–Crippen LogP) is -0.357. The summed E-state index contributed by atoms with van der Waals surface area (Å²) in [5.41, 5.74) is 0. The van der Waals surface area contributed by atoms with E-state index in [2.05, 4.69) is 15.9 Å². The van der Waals surface area contributed by atoms with Gasteiger partial charge in [-0.25, -0.2) is 0 Å². The molecular formula is C6H4BrNS2. The van der Waals surface area contributed by atoms with Crippen molar-refractivity contribution in [2.45, 2.75) is 0 Å². The monoisotopic (exact) mass is 233 g/mol. The molecule has 0 radical (unpaired) electrons. The molecule has 1 nitrogen and oxygen atoms in total. The molecule has 0 aliphatic carbocycles. The number of hydrogen-bond donors (Lipinski definition) is 0. The zero-order chi connectivity index (χ0) is 6.10. The van der Waals surface area contributed by atoms with Crippen LogP contribution in [0.5, 0.6) is 0 Å². The standard InChI is InChI=1S/C6H4NS2.BrH/c1-2-4-6-5(3-1)8-7-9-6;/h1-4H;1H/q+1;/p-1.